The number of rotatable bonds is 19. The Kier molecular flexibility index (Phi) is 22.2. The highest BCUT2D eigenvalue weighted by Gasteiger charge is 2.33. The second-order valence-electron chi connectivity index (χ2n) is 21.3. The molecule has 3 N–H and O–H groups in total. The summed E-state index contributed by atoms with van der Waals surface area (Å²) in [5.74, 6) is 9.50. The summed E-state index contributed by atoms with van der Waals surface area (Å²) in [6.07, 6.45) is 23.3. The van der Waals surface area contributed by atoms with Crippen molar-refractivity contribution in [2.24, 2.45) is 0 Å². The van der Waals surface area contributed by atoms with Gasteiger partial charge in [-0.15, -0.1) is 12.8 Å². The van der Waals surface area contributed by atoms with E-state index in [2.05, 4.69) is 62.9 Å². The molecular formula is C63H85N3O10. The van der Waals surface area contributed by atoms with Crippen molar-refractivity contribution in [3.05, 3.63) is 112 Å². The number of hydrogen-bond donors (Lipinski definition) is 3. The Morgan fingerprint density at radius 1 is 0.487 bits per heavy atom. The maximum atomic E-state index is 10.5. The summed E-state index contributed by atoms with van der Waals surface area (Å²) in [5, 5.41) is 31.2. The van der Waals surface area contributed by atoms with E-state index in [4.69, 9.17) is 46.0 Å². The number of aliphatic hydroxyl groups is 3. The summed E-state index contributed by atoms with van der Waals surface area (Å²) < 4.78 is 39.3. The minimum Gasteiger partial charge on any atom is -0.493 e. The number of hydrogen-bond acceptors (Lipinski definition) is 13. The van der Waals surface area contributed by atoms with Gasteiger partial charge in [-0.25, -0.2) is 0 Å². The van der Waals surface area contributed by atoms with Crippen LogP contribution in [-0.4, -0.2) is 147 Å². The number of benzene rings is 4. The molecule has 2 fully saturated rings. The zero-order valence-electron chi connectivity index (χ0n) is 46.0. The summed E-state index contributed by atoms with van der Waals surface area (Å²) in [4.78, 5) is 6.81. The van der Waals surface area contributed by atoms with Gasteiger partial charge in [0.15, 0.2) is 23.0 Å². The molecule has 13 nitrogen and oxygen atoms in total. The molecule has 0 spiro atoms. The van der Waals surface area contributed by atoms with E-state index in [0.717, 1.165) is 139 Å². The average Bonchev–Trinajstić information content (AvgIpc) is 3.46. The molecule has 76 heavy (non-hydrogen) atoms. The zero-order chi connectivity index (χ0) is 53.9. The summed E-state index contributed by atoms with van der Waals surface area (Å²) in [5.41, 5.74) is 8.09. The third-order valence-corrected chi connectivity index (χ3v) is 15.6. The first-order valence-corrected chi connectivity index (χ1v) is 27.6. The van der Waals surface area contributed by atoms with Crippen LogP contribution in [0.3, 0.4) is 0 Å². The molecule has 0 saturated heterocycles. The van der Waals surface area contributed by atoms with E-state index in [-0.39, 0.29) is 0 Å². The highest BCUT2D eigenvalue weighted by atomic mass is 16.5. The fraction of sp³-hybridized carbons (Fsp3) is 0.556. The van der Waals surface area contributed by atoms with E-state index in [0.29, 0.717) is 39.5 Å². The number of nitrogens with zero attached hydrogens (tertiary/aromatic N) is 3. The largest absolute Gasteiger partial charge is 0.493 e. The van der Waals surface area contributed by atoms with Gasteiger partial charge < -0.3 is 48.5 Å². The smallest absolute Gasteiger partial charge is 0.161 e. The molecule has 0 aromatic heterocycles. The van der Waals surface area contributed by atoms with Crippen molar-refractivity contribution in [2.75, 3.05) is 87.5 Å². The van der Waals surface area contributed by atoms with Crippen LogP contribution in [0.1, 0.15) is 103 Å². The molecule has 3 aliphatic heterocycles. The Morgan fingerprint density at radius 3 is 1.26 bits per heavy atom. The lowest BCUT2D eigenvalue weighted by atomic mass is 9.85. The van der Waals surface area contributed by atoms with Crippen LogP contribution < -0.4 is 23.7 Å². The van der Waals surface area contributed by atoms with Crippen LogP contribution >= 0.6 is 0 Å². The van der Waals surface area contributed by atoms with Gasteiger partial charge in [0.2, 0.25) is 0 Å². The van der Waals surface area contributed by atoms with Gasteiger partial charge >= 0.3 is 0 Å². The number of ether oxygens (including phenoxy) is 7. The second kappa shape index (κ2) is 28.9. The average molecular weight is 1040 g/mol. The predicted molar refractivity (Wildman–Crippen MR) is 298 cm³/mol. The number of aryl methyl sites for hydroxylation is 1. The topological polar surface area (TPSA) is 135 Å². The van der Waals surface area contributed by atoms with Gasteiger partial charge in [0, 0.05) is 58.9 Å². The van der Waals surface area contributed by atoms with Crippen molar-refractivity contribution in [1.29, 1.82) is 0 Å². The number of β-amino-alcohol motifs (C(OH)–C–C–N with tert-alkyl or cyclic N) is 3. The summed E-state index contributed by atoms with van der Waals surface area (Å²) in [6.45, 7) is 10.1. The lowest BCUT2D eigenvalue weighted by molar-refractivity contribution is -0.0703. The number of methoxy groups -OCH3 is 4. The fourth-order valence-electron chi connectivity index (χ4n) is 11.2. The molecular weight excluding hydrogens is 959 g/mol. The van der Waals surface area contributed by atoms with Crippen molar-refractivity contribution >= 4 is 0 Å². The Morgan fingerprint density at radius 2 is 0.855 bits per heavy atom. The molecule has 2 saturated carbocycles. The third-order valence-electron chi connectivity index (χ3n) is 15.6. The maximum Gasteiger partial charge on any atom is 0.161 e. The van der Waals surface area contributed by atoms with Crippen molar-refractivity contribution < 1.29 is 48.5 Å². The second-order valence-corrected chi connectivity index (χ2v) is 21.3. The quantitative estimate of drug-likeness (QED) is 0.0778. The molecule has 3 atom stereocenters. The lowest BCUT2D eigenvalue weighted by Gasteiger charge is -2.35. The lowest BCUT2D eigenvalue weighted by Crippen LogP contribution is -2.41. The normalized spacial score (nSPS) is 19.1. The van der Waals surface area contributed by atoms with Crippen LogP contribution in [0.5, 0.6) is 28.7 Å². The van der Waals surface area contributed by atoms with Gasteiger partial charge in [-0.2, -0.15) is 0 Å². The summed E-state index contributed by atoms with van der Waals surface area (Å²) in [7, 11) is 6.62. The van der Waals surface area contributed by atoms with Crippen molar-refractivity contribution in [2.45, 2.75) is 140 Å². The minimum absolute atomic E-state index is 0.290. The van der Waals surface area contributed by atoms with E-state index in [1.807, 2.05) is 43.3 Å². The molecule has 0 bridgehead atoms. The Labute approximate surface area is 453 Å². The highest BCUT2D eigenvalue weighted by Crippen LogP contribution is 2.36. The SMILES string of the molecule is C#CC1(OCC(O)CN2CCc3cc(OC)c(OC)cc3C2)CCCCC1.C#CC1(OCC(O)CN2CCc3ccccc3C2)CCCCC1.COc1cc2c(cc1OC)CN(CC(O)COc1ccc(C)cc1)CC2. The molecule has 412 valence electrons. The molecule has 5 aliphatic rings. The summed E-state index contributed by atoms with van der Waals surface area (Å²) in [6, 6.07) is 24.6. The number of terminal acetylenes is 2. The van der Waals surface area contributed by atoms with E-state index in [9.17, 15) is 15.3 Å². The highest BCUT2D eigenvalue weighted by molar-refractivity contribution is 5.49. The van der Waals surface area contributed by atoms with E-state index in [1.165, 1.54) is 51.8 Å². The molecule has 2 aliphatic carbocycles. The van der Waals surface area contributed by atoms with Gasteiger partial charge in [-0.05, 0) is 147 Å². The number of fused-ring (bicyclic) bond motifs is 3. The van der Waals surface area contributed by atoms with E-state index < -0.39 is 29.5 Å². The Hall–Kier alpha value is -5.32. The molecule has 3 unspecified atom stereocenters. The van der Waals surface area contributed by atoms with Crippen LogP contribution in [0.25, 0.3) is 0 Å². The molecule has 4 aromatic carbocycles. The first-order chi connectivity index (χ1) is 36.9. The van der Waals surface area contributed by atoms with E-state index in [1.54, 1.807) is 28.4 Å². The van der Waals surface area contributed by atoms with Crippen molar-refractivity contribution in [3.8, 4) is 53.4 Å². The van der Waals surface area contributed by atoms with Crippen LogP contribution in [0, 0.1) is 31.6 Å². The van der Waals surface area contributed by atoms with E-state index >= 15 is 0 Å². The summed E-state index contributed by atoms with van der Waals surface area (Å²) >= 11 is 0. The van der Waals surface area contributed by atoms with Gasteiger partial charge in [-0.1, -0.05) is 66.6 Å². The monoisotopic (exact) mass is 1040 g/mol. The minimum atomic E-state index is -0.543. The molecule has 13 heteroatoms. The zero-order valence-corrected chi connectivity index (χ0v) is 46.0. The van der Waals surface area contributed by atoms with Crippen molar-refractivity contribution in [3.63, 3.8) is 0 Å². The Bertz CT molecular complexity index is 2510. The van der Waals surface area contributed by atoms with Crippen LogP contribution in [0.2, 0.25) is 0 Å². The van der Waals surface area contributed by atoms with Crippen LogP contribution in [0.15, 0.2) is 72.8 Å². The van der Waals surface area contributed by atoms with Crippen LogP contribution in [0.4, 0.5) is 0 Å². The van der Waals surface area contributed by atoms with Gasteiger partial charge in [0.25, 0.3) is 0 Å². The molecule has 9 rings (SSSR count). The first kappa shape index (κ1) is 58.4. The maximum absolute atomic E-state index is 10.5. The fourth-order valence-corrected chi connectivity index (χ4v) is 11.2. The van der Waals surface area contributed by atoms with Crippen LogP contribution in [-0.2, 0) is 48.4 Å². The van der Waals surface area contributed by atoms with Gasteiger partial charge in [0.05, 0.1) is 53.9 Å². The molecule has 0 radical (unpaired) electrons. The van der Waals surface area contributed by atoms with Crippen molar-refractivity contribution in [1.82, 2.24) is 14.7 Å². The first-order valence-electron chi connectivity index (χ1n) is 27.6. The Balaban J connectivity index is 0.000000166. The molecule has 4 aromatic rings. The van der Waals surface area contributed by atoms with Gasteiger partial charge in [0.1, 0.15) is 29.7 Å². The third kappa shape index (κ3) is 16.6. The molecule has 0 amide bonds. The standard InChI is InChI=1S/C22H31NO4.C21H27NO4.C20H27NO2/c1-4-22(9-6-5-7-10-22)27-16-19(24)15-23-11-8-17-12-20(25-2)21(26-3)13-18(17)14-23;1-15-4-6-19(7-5-15)26-14-18(23)13-22-9-8-16-10-20(24-2)21(25-3)11-17(16)12-22;1-2-20(11-6-3-7-12-20)23-16-19(22)15-21-13-10-17-8-4-5-9-18(17)14-21/h1,12-13,19,24H,5-11,14-16H2,2-3H3;4-7,10-11,18,23H,8-9,12-14H2,1-3H3;1,4-5,8-9,19,22H,3,6-7,10-16H2. The predicted octanol–water partition coefficient (Wildman–Crippen LogP) is 8.34. The number of aliphatic hydroxyl groups excluding tert-OH is 3. The molecule has 3 heterocycles. The van der Waals surface area contributed by atoms with Gasteiger partial charge in [-0.3, -0.25) is 14.7 Å².